The van der Waals surface area contributed by atoms with Gasteiger partial charge in [-0.15, -0.1) is 0 Å². The minimum Gasteiger partial charge on any atom is -0.480 e. The number of hydrogen-bond donors (Lipinski definition) is 1. The molecule has 0 aromatic rings. The number of rotatable bonds is 1. The van der Waals surface area contributed by atoms with E-state index in [0.29, 0.717) is 18.3 Å². The molecule has 0 aromatic carbocycles. The Bertz CT molecular complexity index is 377. The van der Waals surface area contributed by atoms with Gasteiger partial charge in [-0.25, -0.2) is 9.59 Å². The third-order valence-corrected chi connectivity index (χ3v) is 5.67. The molecule has 0 bridgehead atoms. The second kappa shape index (κ2) is 5.61. The van der Waals surface area contributed by atoms with E-state index in [0.717, 1.165) is 12.2 Å². The number of carbonyl (C=O) groups is 2. The number of carboxylic acids is 1. The number of amides is 2. The van der Waals surface area contributed by atoms with Crippen LogP contribution < -0.4 is 0 Å². The number of carbonyl (C=O) groups excluding carboxylic acids is 1. The van der Waals surface area contributed by atoms with Crippen molar-refractivity contribution in [1.29, 1.82) is 0 Å². The SMILES string of the molecule is CC1CCN(C(=O)N2CCSC(C)C2C)C1C(=O)O. The van der Waals surface area contributed by atoms with Crippen LogP contribution in [0.4, 0.5) is 4.79 Å². The molecule has 2 heterocycles. The van der Waals surface area contributed by atoms with E-state index in [1.54, 1.807) is 4.90 Å². The average molecular weight is 286 g/mol. The quantitative estimate of drug-likeness (QED) is 0.797. The molecule has 4 unspecified atom stereocenters. The summed E-state index contributed by atoms with van der Waals surface area (Å²) in [5.41, 5.74) is 0. The fourth-order valence-electron chi connectivity index (χ4n) is 2.91. The zero-order valence-corrected chi connectivity index (χ0v) is 12.5. The second-order valence-electron chi connectivity index (χ2n) is 5.53. The van der Waals surface area contributed by atoms with Crippen LogP contribution >= 0.6 is 11.8 Å². The zero-order valence-electron chi connectivity index (χ0n) is 11.7. The molecule has 0 radical (unpaired) electrons. The first kappa shape index (κ1) is 14.5. The van der Waals surface area contributed by atoms with E-state index < -0.39 is 12.0 Å². The molecule has 2 rings (SSSR count). The standard InChI is InChI=1S/C13H22N2O3S/c1-8-4-5-15(11(8)12(16)17)13(18)14-6-7-19-10(3)9(14)2/h8-11H,4-7H2,1-3H3,(H,16,17). The minimum absolute atomic E-state index is 0.0355. The maximum absolute atomic E-state index is 12.6. The molecule has 19 heavy (non-hydrogen) atoms. The summed E-state index contributed by atoms with van der Waals surface area (Å²) >= 11 is 1.87. The van der Waals surface area contributed by atoms with E-state index in [4.69, 9.17) is 0 Å². The van der Waals surface area contributed by atoms with Crippen LogP contribution in [-0.2, 0) is 4.79 Å². The normalized spacial score (nSPS) is 35.5. The molecule has 2 saturated heterocycles. The summed E-state index contributed by atoms with van der Waals surface area (Å²) in [6, 6.07) is -0.599. The van der Waals surface area contributed by atoms with Crippen LogP contribution in [0.25, 0.3) is 0 Å². The predicted molar refractivity (Wildman–Crippen MR) is 75.4 cm³/mol. The van der Waals surface area contributed by atoms with Crippen molar-refractivity contribution in [3.63, 3.8) is 0 Å². The summed E-state index contributed by atoms with van der Waals surface area (Å²) in [5, 5.41) is 9.71. The van der Waals surface area contributed by atoms with Gasteiger partial charge in [-0.1, -0.05) is 13.8 Å². The number of carboxylic acid groups (broad SMARTS) is 1. The molecule has 2 aliphatic heterocycles. The summed E-state index contributed by atoms with van der Waals surface area (Å²) in [5.74, 6) is 0.0806. The van der Waals surface area contributed by atoms with Gasteiger partial charge in [0.05, 0.1) is 0 Å². The number of nitrogens with zero attached hydrogens (tertiary/aromatic N) is 2. The maximum atomic E-state index is 12.6. The Morgan fingerprint density at radius 3 is 2.47 bits per heavy atom. The molecule has 108 valence electrons. The molecule has 2 fully saturated rings. The summed E-state index contributed by atoms with van der Waals surface area (Å²) < 4.78 is 0. The van der Waals surface area contributed by atoms with Crippen molar-refractivity contribution >= 4 is 23.8 Å². The maximum Gasteiger partial charge on any atom is 0.326 e. The molecular weight excluding hydrogens is 264 g/mol. The molecule has 2 amide bonds. The van der Waals surface area contributed by atoms with Gasteiger partial charge in [-0.05, 0) is 19.3 Å². The third-order valence-electron chi connectivity index (χ3n) is 4.33. The first-order valence-electron chi connectivity index (χ1n) is 6.85. The highest BCUT2D eigenvalue weighted by molar-refractivity contribution is 8.00. The lowest BCUT2D eigenvalue weighted by Crippen LogP contribution is -2.55. The van der Waals surface area contributed by atoms with Crippen LogP contribution in [0, 0.1) is 5.92 Å². The minimum atomic E-state index is -0.884. The molecule has 6 heteroatoms. The highest BCUT2D eigenvalue weighted by Crippen LogP contribution is 2.29. The zero-order chi connectivity index (χ0) is 14.2. The molecule has 0 aliphatic carbocycles. The van der Waals surface area contributed by atoms with Gasteiger partial charge in [0.1, 0.15) is 6.04 Å². The van der Waals surface area contributed by atoms with Crippen LogP contribution in [0.3, 0.4) is 0 Å². The second-order valence-corrected chi connectivity index (χ2v) is 7.02. The van der Waals surface area contributed by atoms with Crippen molar-refractivity contribution in [2.75, 3.05) is 18.8 Å². The summed E-state index contributed by atoms with van der Waals surface area (Å²) in [7, 11) is 0. The predicted octanol–water partition coefficient (Wildman–Crippen LogP) is 1.73. The largest absolute Gasteiger partial charge is 0.480 e. The van der Waals surface area contributed by atoms with Gasteiger partial charge >= 0.3 is 12.0 Å². The fraction of sp³-hybridized carbons (Fsp3) is 0.846. The van der Waals surface area contributed by atoms with Gasteiger partial charge in [-0.3, -0.25) is 0 Å². The summed E-state index contributed by atoms with van der Waals surface area (Å²) in [6.45, 7) is 7.35. The summed E-state index contributed by atoms with van der Waals surface area (Å²) in [4.78, 5) is 27.3. The lowest BCUT2D eigenvalue weighted by molar-refractivity contribution is -0.142. The molecule has 4 atom stereocenters. The third kappa shape index (κ3) is 2.68. The van der Waals surface area contributed by atoms with E-state index in [-0.39, 0.29) is 18.0 Å². The molecule has 5 nitrogen and oxygen atoms in total. The van der Waals surface area contributed by atoms with Crippen LogP contribution in [0.15, 0.2) is 0 Å². The van der Waals surface area contributed by atoms with Crippen molar-refractivity contribution in [3.8, 4) is 0 Å². The van der Waals surface area contributed by atoms with Crippen molar-refractivity contribution in [2.24, 2.45) is 5.92 Å². The van der Waals surface area contributed by atoms with Crippen molar-refractivity contribution in [3.05, 3.63) is 0 Å². The monoisotopic (exact) mass is 286 g/mol. The van der Waals surface area contributed by atoms with Gasteiger partial charge in [-0.2, -0.15) is 11.8 Å². The smallest absolute Gasteiger partial charge is 0.326 e. The van der Waals surface area contributed by atoms with Crippen LogP contribution in [0.2, 0.25) is 0 Å². The fourth-order valence-corrected chi connectivity index (χ4v) is 4.01. The van der Waals surface area contributed by atoms with E-state index in [1.807, 2.05) is 30.5 Å². The Balaban J connectivity index is 2.12. The van der Waals surface area contributed by atoms with Crippen LogP contribution in [0.1, 0.15) is 27.2 Å². The molecule has 1 N–H and O–H groups in total. The lowest BCUT2D eigenvalue weighted by atomic mass is 10.0. The topological polar surface area (TPSA) is 60.9 Å². The Hall–Kier alpha value is -0.910. The van der Waals surface area contributed by atoms with E-state index >= 15 is 0 Å². The van der Waals surface area contributed by atoms with Gasteiger partial charge in [0.25, 0.3) is 0 Å². The number of thioether (sulfide) groups is 1. The Morgan fingerprint density at radius 1 is 1.16 bits per heavy atom. The first-order chi connectivity index (χ1) is 8.93. The van der Waals surface area contributed by atoms with Gasteiger partial charge in [0.2, 0.25) is 0 Å². The van der Waals surface area contributed by atoms with Gasteiger partial charge < -0.3 is 14.9 Å². The highest BCUT2D eigenvalue weighted by Gasteiger charge is 2.42. The van der Waals surface area contributed by atoms with Crippen molar-refractivity contribution in [2.45, 2.75) is 44.5 Å². The van der Waals surface area contributed by atoms with Crippen molar-refractivity contribution < 1.29 is 14.7 Å². The van der Waals surface area contributed by atoms with Crippen molar-refractivity contribution in [1.82, 2.24) is 9.80 Å². The summed E-state index contributed by atoms with van der Waals surface area (Å²) in [6.07, 6.45) is 0.773. The lowest BCUT2D eigenvalue weighted by Gasteiger charge is -2.40. The van der Waals surface area contributed by atoms with E-state index in [9.17, 15) is 14.7 Å². The first-order valence-corrected chi connectivity index (χ1v) is 7.90. The Kier molecular flexibility index (Phi) is 4.28. The molecule has 0 aromatic heterocycles. The van der Waals surface area contributed by atoms with Gasteiger partial charge in [0.15, 0.2) is 0 Å². The average Bonchev–Trinajstić information content (AvgIpc) is 2.74. The number of hydrogen-bond acceptors (Lipinski definition) is 3. The molecule has 2 aliphatic rings. The Morgan fingerprint density at radius 2 is 1.84 bits per heavy atom. The van der Waals surface area contributed by atoms with Crippen LogP contribution in [0.5, 0.6) is 0 Å². The van der Waals surface area contributed by atoms with E-state index in [2.05, 4.69) is 6.92 Å². The van der Waals surface area contributed by atoms with Gasteiger partial charge in [0, 0.05) is 30.1 Å². The molecular formula is C13H22N2O3S. The molecule has 0 saturated carbocycles. The number of likely N-dealkylation sites (tertiary alicyclic amines) is 1. The molecule has 0 spiro atoms. The Labute approximate surface area is 118 Å². The van der Waals surface area contributed by atoms with E-state index in [1.165, 1.54) is 0 Å². The number of aliphatic carboxylic acids is 1. The van der Waals surface area contributed by atoms with Crippen LogP contribution in [-0.4, -0.2) is 63.1 Å². The number of urea groups is 1. The highest BCUT2D eigenvalue weighted by atomic mass is 32.2.